The Morgan fingerprint density at radius 1 is 0.364 bits per heavy atom. The van der Waals surface area contributed by atoms with E-state index in [9.17, 15) is 52.7 Å². The molecule has 25 heteroatoms. The summed E-state index contributed by atoms with van der Waals surface area (Å²) < 4.78 is 311. The minimum absolute atomic E-state index is 0.550. The van der Waals surface area contributed by atoms with Gasteiger partial charge in [-0.05, 0) is 35.4 Å². The minimum atomic E-state index is -7.22. The Labute approximate surface area is 370 Å². The van der Waals surface area contributed by atoms with Crippen molar-refractivity contribution in [3.63, 3.8) is 0 Å². The monoisotopic (exact) mass is 1080 g/mol. The molecule has 0 aliphatic carbocycles. The predicted octanol–water partition coefficient (Wildman–Crippen LogP) is 5.70. The summed E-state index contributed by atoms with van der Waals surface area (Å²) in [7, 11) is 1.66. The highest BCUT2D eigenvalue weighted by Crippen LogP contribution is 2.31. The van der Waals surface area contributed by atoms with Crippen LogP contribution in [0.25, 0.3) is 11.1 Å². The van der Waals surface area contributed by atoms with Crippen molar-refractivity contribution in [1.82, 2.24) is 0 Å². The lowest BCUT2D eigenvalue weighted by molar-refractivity contribution is -0.328. The smallest absolute Gasteiger partial charge is 0.296 e. The number of halogens is 21. The third kappa shape index (κ3) is 8.99. The van der Waals surface area contributed by atoms with Gasteiger partial charge in [0.05, 0.1) is 19.8 Å². The molecule has 0 heterocycles. The highest BCUT2D eigenvalue weighted by molar-refractivity contribution is 7.20. The zero-order chi connectivity index (χ0) is 49.3. The van der Waals surface area contributed by atoms with E-state index in [4.69, 9.17) is 14.2 Å². The third-order valence-corrected chi connectivity index (χ3v) is 10.4. The lowest BCUT2D eigenvalue weighted by atomic mass is 9.12. The van der Waals surface area contributed by atoms with Gasteiger partial charge in [0.1, 0.15) is 65.0 Å². The maximum atomic E-state index is 15.4. The van der Waals surface area contributed by atoms with Crippen LogP contribution in [0.4, 0.5) is 87.8 Å². The van der Waals surface area contributed by atoms with E-state index in [-0.39, 0.29) is 0 Å². The van der Waals surface area contributed by atoms with Crippen LogP contribution in [0.3, 0.4) is 0 Å². The van der Waals surface area contributed by atoms with Crippen molar-refractivity contribution in [3.8, 4) is 16.9 Å². The highest BCUT2D eigenvalue weighted by Gasteiger charge is 2.52. The van der Waals surface area contributed by atoms with Crippen LogP contribution in [0.2, 0.25) is 0 Å². The standard InChI is InChI=1S/C24BF20.C17H20IO3/c26-5-1(6(27)14(35)21(42)13(5)34)25(2-7(28)15(36)22(43)16(37)8(2)29,3-9(30)17(38)23(44)18(39)10(3)31)4-11(32)19(40)24(45)20(41)12(4)33;1-19-9-10-20-11-12-21-17-7-5-14(6-8-17)15-3-2-4-16(18)13-15/h;2-8,13,18H,9-12H2,1H3/q-1;+1. The fourth-order valence-electron chi connectivity index (χ4n) is 6.76. The Morgan fingerprint density at radius 2 is 0.667 bits per heavy atom. The molecule has 0 N–H and O–H groups in total. The maximum Gasteiger partial charge on any atom is 0.296 e. The second kappa shape index (κ2) is 20.5. The average molecular weight is 1080 g/mol. The molecule has 0 aromatic heterocycles. The van der Waals surface area contributed by atoms with E-state index in [1.165, 1.54) is 14.7 Å². The molecule has 0 fully saturated rings. The molecule has 352 valence electrons. The molecule has 0 unspecified atom stereocenters. The molecule has 6 rings (SSSR count). The van der Waals surface area contributed by atoms with E-state index in [0.29, 0.717) is 26.4 Å². The van der Waals surface area contributed by atoms with Gasteiger partial charge >= 0.3 is 0 Å². The SMILES string of the molecule is COCCOCCOc1ccc(-c2cccc([IH+])c2)cc1.Fc1c(F)c(F)c([B-](c2c(F)c(F)c(F)c(F)c2F)(c2c(F)c(F)c(F)c(F)c2F)c2c(F)c(F)c(F)c(F)c2F)c(F)c1F. The molecule has 3 nitrogen and oxygen atoms in total. The molecule has 0 spiro atoms. The van der Waals surface area contributed by atoms with Crippen molar-refractivity contribution in [1.29, 1.82) is 0 Å². The summed E-state index contributed by atoms with van der Waals surface area (Å²) in [5.41, 5.74) is -11.9. The van der Waals surface area contributed by atoms with Crippen LogP contribution < -0.4 is 49.2 Å². The van der Waals surface area contributed by atoms with E-state index < -0.39 is 144 Å². The summed E-state index contributed by atoms with van der Waals surface area (Å²) in [6, 6.07) is 16.6. The van der Waals surface area contributed by atoms with Crippen LogP contribution in [0.5, 0.6) is 5.75 Å². The Hall–Kier alpha value is -5.57. The Balaban J connectivity index is 0.000000324. The van der Waals surface area contributed by atoms with Gasteiger partial charge in [0.25, 0.3) is 22.6 Å². The van der Waals surface area contributed by atoms with Crippen molar-refractivity contribution < 1.29 is 125 Å². The van der Waals surface area contributed by atoms with E-state index in [0.717, 1.165) is 5.75 Å². The molecule has 0 aliphatic heterocycles. The molecule has 6 aromatic carbocycles. The first-order chi connectivity index (χ1) is 31.0. The lowest BCUT2D eigenvalue weighted by Crippen LogP contribution is -3.34. The van der Waals surface area contributed by atoms with Gasteiger partial charge in [0.2, 0.25) is 0 Å². The minimum Gasteiger partial charge on any atom is -0.491 e. The molecule has 0 aliphatic rings. The molecule has 0 amide bonds. The summed E-state index contributed by atoms with van der Waals surface area (Å²) >= 11 is 2.03. The molecule has 0 bridgehead atoms. The predicted molar refractivity (Wildman–Crippen MR) is 189 cm³/mol. The average Bonchev–Trinajstić information content (AvgIpc) is 3.30. The van der Waals surface area contributed by atoms with E-state index >= 15 is 35.1 Å². The summed E-state index contributed by atoms with van der Waals surface area (Å²) in [4.78, 5) is 0. The van der Waals surface area contributed by atoms with Gasteiger partial charge in [-0.3, -0.25) is 0 Å². The Kier molecular flexibility index (Phi) is 16.0. The molecular weight excluding hydrogens is 1060 g/mol. The van der Waals surface area contributed by atoms with E-state index in [1.807, 2.05) is 34.7 Å². The van der Waals surface area contributed by atoms with Gasteiger partial charge < -0.3 is 14.2 Å². The van der Waals surface area contributed by atoms with Gasteiger partial charge in [0.15, 0.2) is 73.4 Å². The number of methoxy groups -OCH3 is 1. The van der Waals surface area contributed by atoms with Crippen molar-refractivity contribution in [2.24, 2.45) is 0 Å². The topological polar surface area (TPSA) is 27.7 Å². The zero-order valence-corrected chi connectivity index (χ0v) is 34.5. The summed E-state index contributed by atoms with van der Waals surface area (Å²) in [6.07, 6.45) is -7.22. The molecule has 66 heavy (non-hydrogen) atoms. The summed E-state index contributed by atoms with van der Waals surface area (Å²) in [6.45, 7) is 2.34. The third-order valence-electron chi connectivity index (χ3n) is 9.66. The van der Waals surface area contributed by atoms with Crippen molar-refractivity contribution >= 4 is 28.0 Å². The van der Waals surface area contributed by atoms with Crippen LogP contribution in [-0.4, -0.2) is 39.7 Å². The van der Waals surface area contributed by atoms with Crippen LogP contribution in [0.1, 0.15) is 0 Å². The molecule has 6 aromatic rings. The quantitative estimate of drug-likeness (QED) is 0.0394. The molecule has 0 radical (unpaired) electrons. The lowest BCUT2D eigenvalue weighted by Gasteiger charge is -2.44. The zero-order valence-electron chi connectivity index (χ0n) is 32.2. The van der Waals surface area contributed by atoms with E-state index in [2.05, 4.69) is 36.4 Å². The molecule has 0 atom stereocenters. The first-order valence-corrected chi connectivity index (χ1v) is 19.0. The number of rotatable bonds is 12. The van der Waals surface area contributed by atoms with Gasteiger partial charge in [-0.2, -0.15) is 0 Å². The normalized spacial score (nSPS) is 11.5. The van der Waals surface area contributed by atoms with Crippen molar-refractivity contribution in [2.45, 2.75) is 0 Å². The van der Waals surface area contributed by atoms with Crippen LogP contribution in [0, 0.1) is 120 Å². The number of ether oxygens (including phenoxy) is 3. The van der Waals surface area contributed by atoms with Crippen LogP contribution >= 0.6 is 0 Å². The van der Waals surface area contributed by atoms with E-state index in [1.54, 1.807) is 7.11 Å². The van der Waals surface area contributed by atoms with Crippen molar-refractivity contribution in [2.75, 3.05) is 33.5 Å². The van der Waals surface area contributed by atoms with Crippen LogP contribution in [-0.2, 0) is 9.47 Å². The highest BCUT2D eigenvalue weighted by atomic mass is 127. The van der Waals surface area contributed by atoms with Crippen LogP contribution in [0.15, 0.2) is 48.5 Å². The summed E-state index contributed by atoms with van der Waals surface area (Å²) in [5, 5.41) is 0. The fourth-order valence-corrected chi connectivity index (χ4v) is 7.34. The Morgan fingerprint density at radius 3 is 0.970 bits per heavy atom. The van der Waals surface area contributed by atoms with Gasteiger partial charge in [-0.15, -0.1) is 21.9 Å². The van der Waals surface area contributed by atoms with Gasteiger partial charge in [-0.25, -0.2) is 87.8 Å². The molecular formula is C41H20BF20IO3. The Bertz CT molecular complexity index is 2450. The molecule has 0 saturated heterocycles. The number of benzene rings is 6. The van der Waals surface area contributed by atoms with Gasteiger partial charge in [0, 0.05) is 7.11 Å². The number of hydrogen-bond acceptors (Lipinski definition) is 3. The van der Waals surface area contributed by atoms with Gasteiger partial charge in [-0.1, -0.05) is 24.3 Å². The second-order valence-corrected chi connectivity index (χ2v) is 14.7. The largest absolute Gasteiger partial charge is 0.491 e. The number of hydrogen-bond donors (Lipinski definition) is 0. The summed E-state index contributed by atoms with van der Waals surface area (Å²) in [5.74, 6) is -70.5. The first kappa shape index (κ1) is 51.4. The van der Waals surface area contributed by atoms with Crippen molar-refractivity contribution in [3.05, 3.63) is 168 Å². The molecule has 0 saturated carbocycles. The maximum absolute atomic E-state index is 15.4. The fraction of sp³-hybridized carbons (Fsp3) is 0.122. The first-order valence-electron chi connectivity index (χ1n) is 17.8. The second-order valence-electron chi connectivity index (χ2n) is 13.3.